The fourth-order valence-corrected chi connectivity index (χ4v) is 2.49. The average molecular weight is 281 g/mol. The first-order valence-corrected chi connectivity index (χ1v) is 7.20. The van der Waals surface area contributed by atoms with Crippen LogP contribution >= 0.6 is 24.0 Å². The van der Waals surface area contributed by atoms with E-state index in [4.69, 9.17) is 17.0 Å². The molecule has 96 valence electrons. The van der Waals surface area contributed by atoms with Crippen LogP contribution < -0.4 is 4.74 Å². The molecule has 1 aromatic heterocycles. The van der Waals surface area contributed by atoms with E-state index in [9.17, 15) is 0 Å². The number of H-pyrrole nitrogens is 2. The van der Waals surface area contributed by atoms with Crippen LogP contribution in [0.4, 0.5) is 0 Å². The smallest absolute Gasteiger partial charge is 0.213 e. The molecule has 1 unspecified atom stereocenters. The molecule has 0 radical (unpaired) electrons. The predicted molar refractivity (Wildman–Crippen MR) is 76.2 cm³/mol. The standard InChI is InChI=1S/C12H15N3OS2/c1-2-11(16-9-6-4-3-5-7-9)18-8-10-13-12(17)15-14-10/h3-7,11H,2,8H2,1H3,(H2,13,14,15,17). The molecule has 2 rings (SSSR count). The van der Waals surface area contributed by atoms with E-state index in [-0.39, 0.29) is 5.44 Å². The van der Waals surface area contributed by atoms with Crippen molar-refractivity contribution in [1.82, 2.24) is 15.2 Å². The van der Waals surface area contributed by atoms with E-state index in [1.165, 1.54) is 0 Å². The fourth-order valence-electron chi connectivity index (χ4n) is 1.43. The molecule has 1 atom stereocenters. The summed E-state index contributed by atoms with van der Waals surface area (Å²) in [5.41, 5.74) is 0.117. The van der Waals surface area contributed by atoms with Gasteiger partial charge in [0.2, 0.25) is 4.77 Å². The lowest BCUT2D eigenvalue weighted by Gasteiger charge is -2.16. The molecule has 2 aromatic rings. The highest BCUT2D eigenvalue weighted by molar-refractivity contribution is 7.99. The first-order valence-electron chi connectivity index (χ1n) is 5.75. The van der Waals surface area contributed by atoms with Crippen LogP contribution in [0.5, 0.6) is 5.75 Å². The number of aromatic amines is 2. The molecule has 2 N–H and O–H groups in total. The Hall–Kier alpha value is -1.27. The van der Waals surface area contributed by atoms with Crippen LogP contribution in [-0.2, 0) is 5.75 Å². The predicted octanol–water partition coefficient (Wildman–Crippen LogP) is 3.52. The summed E-state index contributed by atoms with van der Waals surface area (Å²) in [4.78, 5) is 4.15. The largest absolute Gasteiger partial charge is 0.480 e. The Labute approximate surface area is 115 Å². The van der Waals surface area contributed by atoms with Gasteiger partial charge in [-0.25, -0.2) is 4.98 Å². The Morgan fingerprint density at radius 3 is 2.72 bits per heavy atom. The second kappa shape index (κ2) is 6.61. The summed E-state index contributed by atoms with van der Waals surface area (Å²) >= 11 is 6.61. The third kappa shape index (κ3) is 3.89. The van der Waals surface area contributed by atoms with Gasteiger partial charge in [0.15, 0.2) is 0 Å². The van der Waals surface area contributed by atoms with Crippen LogP contribution in [0.15, 0.2) is 30.3 Å². The zero-order valence-electron chi connectivity index (χ0n) is 10.1. The highest BCUT2D eigenvalue weighted by atomic mass is 32.2. The molecule has 0 spiro atoms. The molecule has 0 amide bonds. The number of benzene rings is 1. The van der Waals surface area contributed by atoms with Crippen LogP contribution in [0.2, 0.25) is 0 Å². The van der Waals surface area contributed by atoms with Crippen LogP contribution in [0.1, 0.15) is 19.2 Å². The Balaban J connectivity index is 1.88. The second-order valence-electron chi connectivity index (χ2n) is 3.69. The van der Waals surface area contributed by atoms with E-state index in [2.05, 4.69) is 22.1 Å². The normalized spacial score (nSPS) is 12.3. The van der Waals surface area contributed by atoms with E-state index in [0.29, 0.717) is 4.77 Å². The molecule has 18 heavy (non-hydrogen) atoms. The first-order chi connectivity index (χ1) is 8.78. The third-order valence-corrected chi connectivity index (χ3v) is 3.74. The van der Waals surface area contributed by atoms with Gasteiger partial charge in [-0.05, 0) is 30.8 Å². The van der Waals surface area contributed by atoms with Gasteiger partial charge in [-0.3, -0.25) is 10.2 Å². The number of nitrogens with one attached hydrogen (secondary N) is 2. The number of rotatable bonds is 6. The van der Waals surface area contributed by atoms with E-state index in [1.54, 1.807) is 11.8 Å². The average Bonchev–Trinajstić information content (AvgIpc) is 2.81. The van der Waals surface area contributed by atoms with Gasteiger partial charge in [0.25, 0.3) is 0 Å². The molecule has 0 aliphatic carbocycles. The summed E-state index contributed by atoms with van der Waals surface area (Å²) in [6.45, 7) is 2.10. The Bertz CT molecular complexity index is 523. The van der Waals surface area contributed by atoms with Crippen molar-refractivity contribution in [2.75, 3.05) is 0 Å². The molecule has 0 bridgehead atoms. The minimum Gasteiger partial charge on any atom is -0.480 e. The molecule has 0 fully saturated rings. The minimum atomic E-state index is 0.117. The van der Waals surface area contributed by atoms with E-state index in [1.807, 2.05) is 30.3 Å². The van der Waals surface area contributed by atoms with Crippen molar-refractivity contribution >= 4 is 24.0 Å². The minimum absolute atomic E-state index is 0.117. The lowest BCUT2D eigenvalue weighted by Crippen LogP contribution is -2.11. The Morgan fingerprint density at radius 2 is 2.11 bits per heavy atom. The molecule has 1 aromatic carbocycles. The van der Waals surface area contributed by atoms with Crippen LogP contribution in [0, 0.1) is 4.77 Å². The molecule has 4 nitrogen and oxygen atoms in total. The van der Waals surface area contributed by atoms with Crippen molar-refractivity contribution in [3.63, 3.8) is 0 Å². The Kier molecular flexibility index (Phi) is 4.83. The molecule has 0 aliphatic rings. The quantitative estimate of drug-likeness (QED) is 0.628. The zero-order valence-corrected chi connectivity index (χ0v) is 11.7. The molecule has 6 heteroatoms. The van der Waals surface area contributed by atoms with Gasteiger partial charge in [0.05, 0.1) is 5.75 Å². The SMILES string of the molecule is CCC(Oc1ccccc1)SCc1nc(=S)[nH][nH]1. The number of thioether (sulfide) groups is 1. The van der Waals surface area contributed by atoms with Crippen molar-refractivity contribution in [2.24, 2.45) is 0 Å². The summed E-state index contributed by atoms with van der Waals surface area (Å²) in [6, 6.07) is 9.84. The van der Waals surface area contributed by atoms with Crippen LogP contribution in [0.25, 0.3) is 0 Å². The highest BCUT2D eigenvalue weighted by Crippen LogP contribution is 2.22. The number of aromatic nitrogens is 3. The topological polar surface area (TPSA) is 53.7 Å². The number of hydrogen-bond donors (Lipinski definition) is 2. The van der Waals surface area contributed by atoms with Gasteiger partial charge >= 0.3 is 0 Å². The number of ether oxygens (including phenoxy) is 1. The zero-order chi connectivity index (χ0) is 12.8. The third-order valence-electron chi connectivity index (χ3n) is 2.30. The van der Waals surface area contributed by atoms with Crippen molar-refractivity contribution in [3.05, 3.63) is 40.9 Å². The number of para-hydroxylation sites is 1. The maximum atomic E-state index is 5.88. The van der Waals surface area contributed by atoms with E-state index < -0.39 is 0 Å². The molecule has 1 heterocycles. The van der Waals surface area contributed by atoms with Crippen molar-refractivity contribution in [2.45, 2.75) is 24.5 Å². The van der Waals surface area contributed by atoms with Gasteiger partial charge in [-0.15, -0.1) is 11.8 Å². The molecular formula is C12H15N3OS2. The molecule has 0 aliphatic heterocycles. The van der Waals surface area contributed by atoms with Crippen molar-refractivity contribution in [3.8, 4) is 5.75 Å². The molecular weight excluding hydrogens is 266 g/mol. The lowest BCUT2D eigenvalue weighted by molar-refractivity contribution is 0.283. The van der Waals surface area contributed by atoms with Crippen molar-refractivity contribution < 1.29 is 4.74 Å². The van der Waals surface area contributed by atoms with Gasteiger partial charge in [0, 0.05) is 0 Å². The van der Waals surface area contributed by atoms with Gasteiger partial charge in [-0.2, -0.15) is 0 Å². The maximum Gasteiger partial charge on any atom is 0.213 e. The second-order valence-corrected chi connectivity index (χ2v) is 5.23. The van der Waals surface area contributed by atoms with Crippen LogP contribution in [-0.4, -0.2) is 20.6 Å². The van der Waals surface area contributed by atoms with Gasteiger partial charge in [-0.1, -0.05) is 25.1 Å². The maximum absolute atomic E-state index is 5.88. The summed E-state index contributed by atoms with van der Waals surface area (Å²) < 4.78 is 6.37. The summed E-state index contributed by atoms with van der Waals surface area (Å²) in [5, 5.41) is 5.72. The summed E-state index contributed by atoms with van der Waals surface area (Å²) in [7, 11) is 0. The van der Waals surface area contributed by atoms with Gasteiger partial charge in [0.1, 0.15) is 17.0 Å². The molecule has 0 saturated carbocycles. The van der Waals surface area contributed by atoms with E-state index >= 15 is 0 Å². The Morgan fingerprint density at radius 1 is 1.33 bits per heavy atom. The number of nitrogens with zero attached hydrogens (tertiary/aromatic N) is 1. The summed E-state index contributed by atoms with van der Waals surface area (Å²) in [5.74, 6) is 2.49. The summed E-state index contributed by atoms with van der Waals surface area (Å²) in [6.07, 6.45) is 0.935. The van der Waals surface area contributed by atoms with E-state index in [0.717, 1.165) is 23.7 Å². The molecule has 0 saturated heterocycles. The van der Waals surface area contributed by atoms with Crippen molar-refractivity contribution in [1.29, 1.82) is 0 Å². The first kappa shape index (κ1) is 13.2. The highest BCUT2D eigenvalue weighted by Gasteiger charge is 2.09. The monoisotopic (exact) mass is 281 g/mol. The lowest BCUT2D eigenvalue weighted by atomic mass is 10.3. The fraction of sp³-hybridized carbons (Fsp3) is 0.333. The van der Waals surface area contributed by atoms with Crippen LogP contribution in [0.3, 0.4) is 0 Å². The van der Waals surface area contributed by atoms with Gasteiger partial charge < -0.3 is 4.74 Å². The number of hydrogen-bond acceptors (Lipinski definition) is 4.